The Balaban J connectivity index is 1.23. The fourth-order valence-corrected chi connectivity index (χ4v) is 5.66. The number of fused-ring (bicyclic) bond motifs is 1. The average molecular weight is 535 g/mol. The highest BCUT2D eigenvalue weighted by Gasteiger charge is 2.29. The number of aromatic nitrogens is 5. The third-order valence-corrected chi connectivity index (χ3v) is 8.32. The molecule has 4 heterocycles. The second-order valence-electron chi connectivity index (χ2n) is 9.35. The van der Waals surface area contributed by atoms with Crippen molar-refractivity contribution in [3.05, 3.63) is 36.0 Å². The summed E-state index contributed by atoms with van der Waals surface area (Å²) < 4.78 is 51.0. The van der Waals surface area contributed by atoms with Gasteiger partial charge in [-0.2, -0.15) is 13.9 Å². The molecular formula is C23H27FN6O4S2. The zero-order valence-electron chi connectivity index (χ0n) is 20.4. The molecule has 1 aliphatic heterocycles. The highest BCUT2D eigenvalue weighted by molar-refractivity contribution is 7.90. The van der Waals surface area contributed by atoms with Crippen LogP contribution < -0.4 is 9.64 Å². The van der Waals surface area contributed by atoms with Crippen molar-refractivity contribution in [3.63, 3.8) is 0 Å². The third kappa shape index (κ3) is 4.81. The molecule has 0 radical (unpaired) electrons. The van der Waals surface area contributed by atoms with E-state index in [4.69, 9.17) is 9.26 Å². The lowest BCUT2D eigenvalue weighted by molar-refractivity contribution is 0.130. The molecule has 192 valence electrons. The van der Waals surface area contributed by atoms with Crippen molar-refractivity contribution in [1.29, 1.82) is 0 Å². The van der Waals surface area contributed by atoms with Crippen molar-refractivity contribution in [2.45, 2.75) is 50.5 Å². The molecule has 0 saturated carbocycles. The van der Waals surface area contributed by atoms with Gasteiger partial charge in [0.15, 0.2) is 15.7 Å². The number of piperidine rings is 1. The van der Waals surface area contributed by atoms with Gasteiger partial charge in [-0.3, -0.25) is 0 Å². The summed E-state index contributed by atoms with van der Waals surface area (Å²) in [5.41, 5.74) is 0.587. The van der Waals surface area contributed by atoms with E-state index in [2.05, 4.69) is 25.1 Å². The van der Waals surface area contributed by atoms with Gasteiger partial charge in [0.1, 0.15) is 11.8 Å². The molecule has 1 unspecified atom stereocenters. The zero-order valence-corrected chi connectivity index (χ0v) is 22.0. The standard InChI is InChI=1S/C23H27FN6O4S2/c1-13(2)20-26-21(34-28-20)29-11-9-15(10-12-29)14(3)33-23-27-30-19(24)18(25-22(30)35-23)16-5-7-17(8-6-16)36(4,31)32/h5-8,13-15H,9-12H2,1-4H3. The topological polar surface area (TPSA) is 116 Å². The first-order valence-electron chi connectivity index (χ1n) is 11.7. The van der Waals surface area contributed by atoms with Gasteiger partial charge < -0.3 is 14.2 Å². The van der Waals surface area contributed by atoms with Gasteiger partial charge in [-0.05, 0) is 49.2 Å². The molecule has 0 spiro atoms. The van der Waals surface area contributed by atoms with Gasteiger partial charge in [-0.15, -0.1) is 5.10 Å². The van der Waals surface area contributed by atoms with Crippen molar-refractivity contribution in [1.82, 2.24) is 24.7 Å². The lowest BCUT2D eigenvalue weighted by Crippen LogP contribution is -2.38. The molecule has 5 rings (SSSR count). The average Bonchev–Trinajstić information content (AvgIpc) is 3.55. The van der Waals surface area contributed by atoms with Gasteiger partial charge in [0.25, 0.3) is 5.19 Å². The highest BCUT2D eigenvalue weighted by atomic mass is 32.2. The van der Waals surface area contributed by atoms with Crippen molar-refractivity contribution in [3.8, 4) is 16.5 Å². The predicted molar refractivity (Wildman–Crippen MR) is 133 cm³/mol. The van der Waals surface area contributed by atoms with E-state index < -0.39 is 15.8 Å². The SMILES string of the molecule is CC(C)c1noc(N2CCC(C(C)Oc3nn4c(F)c(-c5ccc(S(C)(=O)=O)cc5)nc4s3)CC2)n1. The van der Waals surface area contributed by atoms with Crippen LogP contribution in [0.15, 0.2) is 33.7 Å². The molecule has 0 aliphatic carbocycles. The van der Waals surface area contributed by atoms with Crippen LogP contribution in [-0.2, 0) is 9.84 Å². The van der Waals surface area contributed by atoms with Crippen molar-refractivity contribution in [2.24, 2.45) is 5.92 Å². The summed E-state index contributed by atoms with van der Waals surface area (Å²) in [6.07, 6.45) is 2.81. The van der Waals surface area contributed by atoms with E-state index >= 15 is 4.39 Å². The number of hydrogen-bond acceptors (Lipinski definition) is 10. The maximum absolute atomic E-state index is 15.1. The normalized spacial score (nSPS) is 16.2. The molecule has 13 heteroatoms. The van der Waals surface area contributed by atoms with Gasteiger partial charge in [-0.1, -0.05) is 31.1 Å². The molecule has 0 bridgehead atoms. The molecule has 1 saturated heterocycles. The maximum Gasteiger partial charge on any atom is 0.324 e. The number of anilines is 1. The Morgan fingerprint density at radius 2 is 1.83 bits per heavy atom. The minimum atomic E-state index is -3.33. The molecule has 10 nitrogen and oxygen atoms in total. The summed E-state index contributed by atoms with van der Waals surface area (Å²) in [5.74, 6) is 0.608. The number of sulfone groups is 1. The van der Waals surface area contributed by atoms with Gasteiger partial charge >= 0.3 is 6.01 Å². The smallest absolute Gasteiger partial charge is 0.324 e. The molecule has 0 N–H and O–H groups in total. The highest BCUT2D eigenvalue weighted by Crippen LogP contribution is 2.32. The largest absolute Gasteiger partial charge is 0.466 e. The van der Waals surface area contributed by atoms with Gasteiger partial charge in [-0.25, -0.2) is 13.4 Å². The number of rotatable bonds is 7. The lowest BCUT2D eigenvalue weighted by Gasteiger charge is -2.33. The zero-order chi connectivity index (χ0) is 25.6. The molecule has 1 aromatic carbocycles. The number of nitrogens with zero attached hydrogens (tertiary/aromatic N) is 6. The fourth-order valence-electron chi connectivity index (χ4n) is 4.20. The number of imidazole rings is 1. The Labute approximate surface area is 212 Å². The second kappa shape index (κ2) is 9.43. The van der Waals surface area contributed by atoms with E-state index in [-0.39, 0.29) is 22.6 Å². The van der Waals surface area contributed by atoms with Crippen molar-refractivity contribution < 1.29 is 22.1 Å². The van der Waals surface area contributed by atoms with Crippen molar-refractivity contribution >= 4 is 32.1 Å². The van der Waals surface area contributed by atoms with Crippen LogP contribution in [-0.4, -0.2) is 58.6 Å². The van der Waals surface area contributed by atoms with Crippen LogP contribution in [0.5, 0.6) is 5.19 Å². The summed E-state index contributed by atoms with van der Waals surface area (Å²) in [4.78, 5) is 11.5. The summed E-state index contributed by atoms with van der Waals surface area (Å²) in [6, 6.07) is 6.51. The predicted octanol–water partition coefficient (Wildman–Crippen LogP) is 4.19. The van der Waals surface area contributed by atoms with E-state index in [9.17, 15) is 8.42 Å². The molecule has 1 atom stereocenters. The molecule has 4 aromatic rings. The summed E-state index contributed by atoms with van der Waals surface area (Å²) >= 11 is 1.17. The fraction of sp³-hybridized carbons (Fsp3) is 0.478. The second-order valence-corrected chi connectivity index (χ2v) is 12.3. The molecule has 3 aromatic heterocycles. The summed E-state index contributed by atoms with van der Waals surface area (Å²) in [6.45, 7) is 7.63. The molecule has 1 fully saturated rings. The van der Waals surface area contributed by atoms with E-state index in [1.54, 1.807) is 0 Å². The maximum atomic E-state index is 15.1. The minimum absolute atomic E-state index is 0.108. The third-order valence-electron chi connectivity index (χ3n) is 6.39. The van der Waals surface area contributed by atoms with E-state index in [0.717, 1.165) is 36.7 Å². The van der Waals surface area contributed by atoms with Crippen LogP contribution in [0.1, 0.15) is 45.4 Å². The number of ether oxygens (including phenoxy) is 1. The van der Waals surface area contributed by atoms with Gasteiger partial charge in [0, 0.05) is 30.8 Å². The summed E-state index contributed by atoms with van der Waals surface area (Å²) in [7, 11) is -3.33. The summed E-state index contributed by atoms with van der Waals surface area (Å²) in [5, 5.41) is 8.66. The van der Waals surface area contributed by atoms with Crippen LogP contribution in [0.4, 0.5) is 10.4 Å². The molecular weight excluding hydrogens is 507 g/mol. The number of hydrogen-bond donors (Lipinski definition) is 0. The van der Waals surface area contributed by atoms with Crippen molar-refractivity contribution in [2.75, 3.05) is 24.2 Å². The quantitative estimate of drug-likeness (QED) is 0.344. The van der Waals surface area contributed by atoms with E-state index in [0.29, 0.717) is 33.5 Å². The first-order chi connectivity index (χ1) is 17.1. The van der Waals surface area contributed by atoms with Crippen LogP contribution in [0.2, 0.25) is 0 Å². The van der Waals surface area contributed by atoms with Gasteiger partial charge in [0.2, 0.25) is 10.9 Å². The van der Waals surface area contributed by atoms with Crippen LogP contribution >= 0.6 is 11.3 Å². The molecule has 36 heavy (non-hydrogen) atoms. The monoisotopic (exact) mass is 534 g/mol. The first kappa shape index (κ1) is 24.6. The van der Waals surface area contributed by atoms with Crippen LogP contribution in [0.3, 0.4) is 0 Å². The molecule has 1 aliphatic rings. The lowest BCUT2D eigenvalue weighted by atomic mass is 9.92. The Hall–Kier alpha value is -3.06. The van der Waals surface area contributed by atoms with Crippen LogP contribution in [0.25, 0.3) is 16.2 Å². The Kier molecular flexibility index (Phi) is 6.45. The van der Waals surface area contributed by atoms with Crippen LogP contribution in [0, 0.1) is 11.9 Å². The minimum Gasteiger partial charge on any atom is -0.466 e. The van der Waals surface area contributed by atoms with E-state index in [1.807, 2.05) is 20.8 Å². The Bertz CT molecular complexity index is 1470. The Morgan fingerprint density at radius 1 is 1.14 bits per heavy atom. The number of benzene rings is 1. The molecule has 0 amide bonds. The van der Waals surface area contributed by atoms with Gasteiger partial charge in [0.05, 0.1) is 4.90 Å². The number of halogens is 1. The van der Waals surface area contributed by atoms with E-state index in [1.165, 1.54) is 35.6 Å². The Morgan fingerprint density at radius 3 is 2.42 bits per heavy atom. The first-order valence-corrected chi connectivity index (χ1v) is 14.4.